The van der Waals surface area contributed by atoms with Crippen molar-refractivity contribution >= 4 is 11.8 Å². The minimum absolute atomic E-state index is 0.0271. The molecule has 1 aromatic carbocycles. The third-order valence-electron chi connectivity index (χ3n) is 2.16. The SMILES string of the molecule is CCSc1cccc(OC(C)C(F)(F)F)c1C#N. The molecule has 1 unspecified atom stereocenters. The van der Waals surface area contributed by atoms with E-state index in [1.54, 1.807) is 12.1 Å². The lowest BCUT2D eigenvalue weighted by molar-refractivity contribution is -0.189. The van der Waals surface area contributed by atoms with Crippen LogP contribution < -0.4 is 4.74 Å². The molecule has 0 amide bonds. The molecule has 1 atom stereocenters. The first-order valence-corrected chi connectivity index (χ1v) is 6.28. The van der Waals surface area contributed by atoms with Gasteiger partial charge in [-0.15, -0.1) is 11.8 Å². The number of thioether (sulfide) groups is 1. The maximum absolute atomic E-state index is 12.4. The third kappa shape index (κ3) is 3.57. The number of hydrogen-bond donors (Lipinski definition) is 0. The molecule has 18 heavy (non-hydrogen) atoms. The van der Waals surface area contributed by atoms with E-state index in [9.17, 15) is 13.2 Å². The molecule has 0 aromatic heterocycles. The summed E-state index contributed by atoms with van der Waals surface area (Å²) in [5.41, 5.74) is 0.153. The Balaban J connectivity index is 3.03. The first-order valence-electron chi connectivity index (χ1n) is 5.29. The number of alkyl halides is 3. The van der Waals surface area contributed by atoms with Gasteiger partial charge in [0.25, 0.3) is 0 Å². The summed E-state index contributed by atoms with van der Waals surface area (Å²) in [7, 11) is 0. The second-order valence-electron chi connectivity index (χ2n) is 3.48. The van der Waals surface area contributed by atoms with E-state index < -0.39 is 12.3 Å². The predicted molar refractivity (Wildman–Crippen MR) is 63.7 cm³/mol. The highest BCUT2D eigenvalue weighted by atomic mass is 32.2. The van der Waals surface area contributed by atoms with Gasteiger partial charge < -0.3 is 4.74 Å². The Morgan fingerprint density at radius 1 is 1.44 bits per heavy atom. The van der Waals surface area contributed by atoms with Crippen molar-refractivity contribution in [3.8, 4) is 11.8 Å². The molecule has 0 spiro atoms. The average Bonchev–Trinajstić information content (AvgIpc) is 2.28. The molecule has 0 aliphatic heterocycles. The number of rotatable bonds is 4. The van der Waals surface area contributed by atoms with Crippen molar-refractivity contribution in [1.82, 2.24) is 0 Å². The average molecular weight is 275 g/mol. The molecule has 2 nitrogen and oxygen atoms in total. The molecule has 0 bridgehead atoms. The Kier molecular flexibility index (Phi) is 4.91. The highest BCUT2D eigenvalue weighted by molar-refractivity contribution is 7.99. The Morgan fingerprint density at radius 2 is 2.11 bits per heavy atom. The van der Waals surface area contributed by atoms with Gasteiger partial charge in [-0.2, -0.15) is 18.4 Å². The van der Waals surface area contributed by atoms with Gasteiger partial charge in [-0.1, -0.05) is 13.0 Å². The van der Waals surface area contributed by atoms with Gasteiger partial charge in [0.15, 0.2) is 6.10 Å². The van der Waals surface area contributed by atoms with Crippen LogP contribution in [0.15, 0.2) is 23.1 Å². The second-order valence-corrected chi connectivity index (χ2v) is 4.78. The number of nitrogens with zero attached hydrogens (tertiary/aromatic N) is 1. The molecule has 0 N–H and O–H groups in total. The highest BCUT2D eigenvalue weighted by Gasteiger charge is 2.38. The van der Waals surface area contributed by atoms with Gasteiger partial charge in [0.2, 0.25) is 0 Å². The van der Waals surface area contributed by atoms with Gasteiger partial charge in [0, 0.05) is 4.90 Å². The number of benzene rings is 1. The number of ether oxygens (including phenoxy) is 1. The van der Waals surface area contributed by atoms with Crippen LogP contribution in [0.3, 0.4) is 0 Å². The molecular weight excluding hydrogens is 263 g/mol. The van der Waals surface area contributed by atoms with E-state index >= 15 is 0 Å². The number of nitriles is 1. The van der Waals surface area contributed by atoms with Crippen LogP contribution in [0.2, 0.25) is 0 Å². The van der Waals surface area contributed by atoms with E-state index in [0.717, 1.165) is 12.7 Å². The minimum atomic E-state index is -4.44. The van der Waals surface area contributed by atoms with E-state index in [2.05, 4.69) is 0 Å². The lowest BCUT2D eigenvalue weighted by Crippen LogP contribution is -2.31. The largest absolute Gasteiger partial charge is 0.480 e. The van der Waals surface area contributed by atoms with E-state index in [1.807, 2.05) is 13.0 Å². The topological polar surface area (TPSA) is 33.0 Å². The molecule has 0 saturated carbocycles. The van der Waals surface area contributed by atoms with Crippen LogP contribution in [0.1, 0.15) is 19.4 Å². The van der Waals surface area contributed by atoms with Gasteiger partial charge in [-0.25, -0.2) is 0 Å². The zero-order chi connectivity index (χ0) is 13.8. The zero-order valence-corrected chi connectivity index (χ0v) is 10.7. The van der Waals surface area contributed by atoms with Crippen molar-refractivity contribution in [2.24, 2.45) is 0 Å². The molecule has 1 rings (SSSR count). The summed E-state index contributed by atoms with van der Waals surface area (Å²) in [6, 6.07) is 6.54. The standard InChI is InChI=1S/C12H12F3NOS/c1-3-18-11-6-4-5-10(9(11)7-16)17-8(2)12(13,14)15/h4-6,8H,3H2,1-2H3. The van der Waals surface area contributed by atoms with Crippen molar-refractivity contribution in [2.75, 3.05) is 5.75 Å². The third-order valence-corrected chi connectivity index (χ3v) is 3.10. The first kappa shape index (κ1) is 14.7. The fraction of sp³-hybridized carbons (Fsp3) is 0.417. The zero-order valence-electron chi connectivity index (χ0n) is 9.91. The van der Waals surface area contributed by atoms with Gasteiger partial charge in [0.05, 0.1) is 0 Å². The molecule has 0 aliphatic carbocycles. The van der Waals surface area contributed by atoms with Crippen molar-refractivity contribution < 1.29 is 17.9 Å². The Morgan fingerprint density at radius 3 is 2.61 bits per heavy atom. The monoisotopic (exact) mass is 275 g/mol. The summed E-state index contributed by atoms with van der Waals surface area (Å²) in [5.74, 6) is 0.702. The van der Waals surface area contributed by atoms with Crippen molar-refractivity contribution in [2.45, 2.75) is 31.0 Å². The van der Waals surface area contributed by atoms with Gasteiger partial charge in [-0.3, -0.25) is 0 Å². The van der Waals surface area contributed by atoms with E-state index in [1.165, 1.54) is 17.8 Å². The summed E-state index contributed by atoms with van der Waals surface area (Å²) < 4.78 is 42.0. The van der Waals surface area contributed by atoms with Crippen LogP contribution in [0.5, 0.6) is 5.75 Å². The summed E-state index contributed by atoms with van der Waals surface area (Å²) >= 11 is 1.39. The maximum atomic E-state index is 12.4. The van der Waals surface area contributed by atoms with Gasteiger partial charge in [-0.05, 0) is 24.8 Å². The molecule has 98 valence electrons. The Bertz CT molecular complexity index is 454. The second kappa shape index (κ2) is 6.01. The predicted octanol–water partition coefficient (Wildman–Crippen LogP) is 4.00. The van der Waals surface area contributed by atoms with Crippen molar-refractivity contribution in [1.29, 1.82) is 5.26 Å². The van der Waals surface area contributed by atoms with Crippen LogP contribution in [0.25, 0.3) is 0 Å². The van der Waals surface area contributed by atoms with Crippen molar-refractivity contribution in [3.63, 3.8) is 0 Å². The van der Waals surface area contributed by atoms with E-state index in [0.29, 0.717) is 4.90 Å². The van der Waals surface area contributed by atoms with Crippen LogP contribution in [-0.4, -0.2) is 18.0 Å². The van der Waals surface area contributed by atoms with Crippen LogP contribution in [0, 0.1) is 11.3 Å². The normalized spacial score (nSPS) is 12.9. The van der Waals surface area contributed by atoms with Gasteiger partial charge >= 0.3 is 6.18 Å². The smallest absolute Gasteiger partial charge is 0.425 e. The fourth-order valence-corrected chi connectivity index (χ4v) is 2.03. The van der Waals surface area contributed by atoms with Crippen LogP contribution in [-0.2, 0) is 0 Å². The minimum Gasteiger partial charge on any atom is -0.480 e. The van der Waals surface area contributed by atoms with Crippen LogP contribution in [0.4, 0.5) is 13.2 Å². The molecule has 0 aliphatic rings. The molecule has 0 heterocycles. The highest BCUT2D eigenvalue weighted by Crippen LogP contribution is 2.32. The maximum Gasteiger partial charge on any atom is 0.425 e. The molecule has 1 aromatic rings. The van der Waals surface area contributed by atoms with E-state index in [-0.39, 0.29) is 11.3 Å². The first-order chi connectivity index (χ1) is 8.40. The Hall–Kier alpha value is -1.35. The fourth-order valence-electron chi connectivity index (χ4n) is 1.25. The lowest BCUT2D eigenvalue weighted by atomic mass is 10.2. The molecule has 0 radical (unpaired) electrons. The molecule has 0 fully saturated rings. The van der Waals surface area contributed by atoms with Crippen LogP contribution >= 0.6 is 11.8 Å². The lowest BCUT2D eigenvalue weighted by Gasteiger charge is -2.19. The summed E-state index contributed by atoms with van der Waals surface area (Å²) in [6.07, 6.45) is -6.38. The Labute approximate surface area is 108 Å². The van der Waals surface area contributed by atoms with E-state index in [4.69, 9.17) is 10.00 Å². The molecule has 6 heteroatoms. The summed E-state index contributed by atoms with van der Waals surface area (Å²) in [5, 5.41) is 9.02. The number of hydrogen-bond acceptors (Lipinski definition) is 3. The molecular formula is C12H12F3NOS. The number of halogens is 3. The van der Waals surface area contributed by atoms with Gasteiger partial charge in [0.1, 0.15) is 17.4 Å². The van der Waals surface area contributed by atoms with Crippen molar-refractivity contribution in [3.05, 3.63) is 23.8 Å². The molecule has 0 saturated heterocycles. The quantitative estimate of drug-likeness (QED) is 0.779. The summed E-state index contributed by atoms with van der Waals surface area (Å²) in [4.78, 5) is 0.631. The summed E-state index contributed by atoms with van der Waals surface area (Å²) in [6.45, 7) is 2.82.